The molecule has 118 valence electrons. The molecule has 20 heavy (non-hydrogen) atoms. The molecule has 0 bridgehead atoms. The zero-order valence-electron chi connectivity index (χ0n) is 14.0. The lowest BCUT2D eigenvalue weighted by atomic mass is 9.97. The Hall–Kier alpha value is -0.523. The molecule has 0 aliphatic carbocycles. The highest BCUT2D eigenvalue weighted by molar-refractivity contribution is 6.76. The van der Waals surface area contributed by atoms with Crippen molar-refractivity contribution in [2.45, 2.75) is 59.0 Å². The van der Waals surface area contributed by atoms with Gasteiger partial charge in [0.15, 0.2) is 0 Å². The van der Waals surface area contributed by atoms with Gasteiger partial charge in [0.25, 0.3) is 0 Å². The normalized spacial score (nSPS) is 12.5. The molecule has 4 nitrogen and oxygen atoms in total. The van der Waals surface area contributed by atoms with Gasteiger partial charge in [-0.2, -0.15) is 0 Å². The minimum atomic E-state index is -2.84. The molecule has 0 aliphatic heterocycles. The topological polar surface area (TPSA) is 52.6 Å². The molecule has 0 fully saturated rings. The number of hydrogen-bond acceptors (Lipinski definition) is 4. The summed E-state index contributed by atoms with van der Waals surface area (Å²) in [5.74, 6) is -0.478. The molecule has 0 aromatic rings. The van der Waals surface area contributed by atoms with Crippen molar-refractivity contribution in [1.29, 1.82) is 0 Å². The van der Waals surface area contributed by atoms with E-state index in [1.807, 2.05) is 27.7 Å². The van der Waals surface area contributed by atoms with Crippen LogP contribution in [0.4, 0.5) is 0 Å². The monoisotopic (exact) mass is 302 g/mol. The zero-order chi connectivity index (χ0) is 15.9. The summed E-state index contributed by atoms with van der Waals surface area (Å²) in [4.78, 5) is 25.1. The number of Topliss-reactive ketones (excluding diaryl/α,β-unsaturated/α-hetero) is 2. The third kappa shape index (κ3) is 4.50. The third-order valence-electron chi connectivity index (χ3n) is 3.72. The second kappa shape index (κ2) is 8.69. The Morgan fingerprint density at radius 1 is 0.950 bits per heavy atom. The van der Waals surface area contributed by atoms with Gasteiger partial charge in [0.1, 0.15) is 17.1 Å². The summed E-state index contributed by atoms with van der Waals surface area (Å²) in [7, 11) is 0.293. The summed E-state index contributed by atoms with van der Waals surface area (Å²) >= 11 is 0. The maximum absolute atomic E-state index is 12.6. The van der Waals surface area contributed by atoms with Crippen LogP contribution in [0, 0.1) is 11.8 Å². The Morgan fingerprint density at radius 3 is 1.60 bits per heavy atom. The Labute approximate surface area is 124 Å². The maximum atomic E-state index is 12.6. The minimum absolute atomic E-state index is 0.0461. The van der Waals surface area contributed by atoms with Crippen molar-refractivity contribution in [2.75, 3.05) is 14.2 Å². The smallest absolute Gasteiger partial charge is 0.356 e. The first-order valence-electron chi connectivity index (χ1n) is 7.45. The third-order valence-corrected chi connectivity index (χ3v) is 7.60. The Morgan fingerprint density at radius 2 is 1.35 bits per heavy atom. The van der Waals surface area contributed by atoms with E-state index < -0.39 is 14.1 Å². The number of carbonyl (C=O) groups excluding carboxylic acids is 2. The molecule has 0 aromatic carbocycles. The Kier molecular flexibility index (Phi) is 8.47. The molecule has 0 saturated heterocycles. The molecule has 0 unspecified atom stereocenters. The predicted octanol–water partition coefficient (Wildman–Crippen LogP) is 3.34. The van der Waals surface area contributed by atoms with Gasteiger partial charge in [0.05, 0.1) is 0 Å². The van der Waals surface area contributed by atoms with Gasteiger partial charge in [-0.1, -0.05) is 47.5 Å². The van der Waals surface area contributed by atoms with Crippen molar-refractivity contribution in [3.8, 4) is 0 Å². The molecular weight excluding hydrogens is 272 g/mol. The summed E-state index contributed by atoms with van der Waals surface area (Å²) in [5.41, 5.74) is -0.718. The van der Waals surface area contributed by atoms with E-state index in [2.05, 4.69) is 6.92 Å². The first-order valence-corrected chi connectivity index (χ1v) is 9.55. The number of ketones is 2. The number of carbonyl (C=O) groups is 2. The van der Waals surface area contributed by atoms with Crippen molar-refractivity contribution in [1.82, 2.24) is 0 Å². The van der Waals surface area contributed by atoms with Crippen molar-refractivity contribution in [2.24, 2.45) is 11.8 Å². The zero-order valence-corrected chi connectivity index (χ0v) is 15.0. The SMILES string of the molecule is CCCC[Si](OC)(OC)C(C(=O)C(C)C)C(=O)C(C)C. The van der Waals surface area contributed by atoms with Crippen LogP contribution in [0.2, 0.25) is 11.6 Å². The summed E-state index contributed by atoms with van der Waals surface area (Å²) in [6.45, 7) is 9.38. The van der Waals surface area contributed by atoms with Crippen LogP contribution < -0.4 is 0 Å². The highest BCUT2D eigenvalue weighted by Gasteiger charge is 2.52. The van der Waals surface area contributed by atoms with E-state index in [1.54, 1.807) is 14.2 Å². The Balaban J connectivity index is 5.63. The Bertz CT molecular complexity index is 302. The molecule has 0 rings (SSSR count). The number of unbranched alkanes of at least 4 members (excludes halogenated alkanes) is 1. The fourth-order valence-corrected chi connectivity index (χ4v) is 6.05. The van der Waals surface area contributed by atoms with Crippen LogP contribution in [0.1, 0.15) is 47.5 Å². The van der Waals surface area contributed by atoms with Crippen molar-refractivity contribution >= 4 is 20.1 Å². The van der Waals surface area contributed by atoms with Gasteiger partial charge >= 0.3 is 8.56 Å². The lowest BCUT2D eigenvalue weighted by molar-refractivity contribution is -0.131. The molecule has 0 radical (unpaired) electrons. The van der Waals surface area contributed by atoms with Gasteiger partial charge in [0, 0.05) is 26.1 Å². The fraction of sp³-hybridized carbons (Fsp3) is 0.867. The van der Waals surface area contributed by atoms with Crippen LogP contribution >= 0.6 is 0 Å². The maximum Gasteiger partial charge on any atom is 0.356 e. The van der Waals surface area contributed by atoms with E-state index in [0.717, 1.165) is 12.8 Å². The molecule has 0 aromatic heterocycles. The molecule has 0 spiro atoms. The van der Waals surface area contributed by atoms with Gasteiger partial charge in [0.2, 0.25) is 0 Å². The average molecular weight is 302 g/mol. The quantitative estimate of drug-likeness (QED) is 0.459. The van der Waals surface area contributed by atoms with E-state index in [1.165, 1.54) is 0 Å². The fourth-order valence-electron chi connectivity index (χ4n) is 2.33. The summed E-state index contributed by atoms with van der Waals surface area (Å²) in [6, 6.07) is 0.679. The molecule has 0 saturated carbocycles. The average Bonchev–Trinajstić information content (AvgIpc) is 2.42. The number of hydrogen-bond donors (Lipinski definition) is 0. The molecule has 0 heterocycles. The lowest BCUT2D eigenvalue weighted by Crippen LogP contribution is -2.52. The van der Waals surface area contributed by atoms with Gasteiger partial charge in [-0.15, -0.1) is 0 Å². The van der Waals surface area contributed by atoms with E-state index in [0.29, 0.717) is 6.04 Å². The highest BCUT2D eigenvalue weighted by Crippen LogP contribution is 2.35. The second-order valence-corrected chi connectivity index (χ2v) is 9.39. The van der Waals surface area contributed by atoms with Crippen LogP contribution in [-0.2, 0) is 18.4 Å². The van der Waals surface area contributed by atoms with Crippen LogP contribution in [-0.4, -0.2) is 34.3 Å². The number of rotatable bonds is 10. The minimum Gasteiger partial charge on any atom is -0.397 e. The van der Waals surface area contributed by atoms with Gasteiger partial charge in [-0.3, -0.25) is 9.59 Å². The largest absolute Gasteiger partial charge is 0.397 e. The lowest BCUT2D eigenvalue weighted by Gasteiger charge is -2.35. The van der Waals surface area contributed by atoms with E-state index in [-0.39, 0.29) is 23.4 Å². The van der Waals surface area contributed by atoms with Crippen molar-refractivity contribution < 1.29 is 18.4 Å². The van der Waals surface area contributed by atoms with Crippen molar-refractivity contribution in [3.05, 3.63) is 0 Å². The first kappa shape index (κ1) is 19.5. The van der Waals surface area contributed by atoms with Crippen LogP contribution in [0.5, 0.6) is 0 Å². The van der Waals surface area contributed by atoms with Gasteiger partial charge in [-0.05, 0) is 6.04 Å². The molecule has 0 atom stereocenters. The van der Waals surface area contributed by atoms with Crippen LogP contribution in [0.25, 0.3) is 0 Å². The van der Waals surface area contributed by atoms with Crippen molar-refractivity contribution in [3.63, 3.8) is 0 Å². The van der Waals surface area contributed by atoms with Crippen LogP contribution in [0.15, 0.2) is 0 Å². The summed E-state index contributed by atoms with van der Waals surface area (Å²) in [5, 5.41) is 0. The predicted molar refractivity (Wildman–Crippen MR) is 82.9 cm³/mol. The standard InChI is InChI=1S/C15H30O4Si/c1-8-9-10-20(18-6,19-7)15(13(16)11(2)3)14(17)12(4)5/h11-12,15H,8-10H2,1-7H3. The van der Waals surface area contributed by atoms with Crippen LogP contribution in [0.3, 0.4) is 0 Å². The molecular formula is C15H30O4Si. The summed E-state index contributed by atoms with van der Waals surface area (Å²) < 4.78 is 11.3. The molecule has 0 amide bonds. The van der Waals surface area contributed by atoms with Gasteiger partial charge < -0.3 is 8.85 Å². The van der Waals surface area contributed by atoms with E-state index in [9.17, 15) is 9.59 Å². The van der Waals surface area contributed by atoms with E-state index in [4.69, 9.17) is 8.85 Å². The van der Waals surface area contributed by atoms with Gasteiger partial charge in [-0.25, -0.2) is 0 Å². The second-order valence-electron chi connectivity index (χ2n) is 5.87. The highest BCUT2D eigenvalue weighted by atomic mass is 28.4. The molecule has 0 aliphatic rings. The first-order chi connectivity index (χ1) is 9.27. The van der Waals surface area contributed by atoms with E-state index >= 15 is 0 Å². The molecule has 5 heteroatoms. The molecule has 0 N–H and O–H groups in total. The summed E-state index contributed by atoms with van der Waals surface area (Å²) in [6.07, 6.45) is 1.89.